The van der Waals surface area contributed by atoms with Gasteiger partial charge in [-0.2, -0.15) is 0 Å². The van der Waals surface area contributed by atoms with Crippen LogP contribution in [-0.2, 0) is 16.1 Å². The second kappa shape index (κ2) is 8.84. The van der Waals surface area contributed by atoms with Gasteiger partial charge in [0.05, 0.1) is 12.6 Å². The van der Waals surface area contributed by atoms with Gasteiger partial charge >= 0.3 is 11.9 Å². The summed E-state index contributed by atoms with van der Waals surface area (Å²) in [5, 5.41) is 16.5. The third-order valence-corrected chi connectivity index (χ3v) is 3.28. The smallest absolute Gasteiger partial charge is 0.328 e. The zero-order chi connectivity index (χ0) is 19.1. The molecule has 136 valence electrons. The number of ether oxygens (including phenoxy) is 1. The van der Waals surface area contributed by atoms with E-state index in [9.17, 15) is 14.0 Å². The highest BCUT2D eigenvalue weighted by Gasteiger charge is 2.14. The maximum atomic E-state index is 13.5. The monoisotopic (exact) mass is 352 g/mol. The summed E-state index contributed by atoms with van der Waals surface area (Å²) in [6.07, 6.45) is 2.99. The first kappa shape index (κ1) is 20.2. The molecule has 8 heteroatoms. The first-order valence-corrected chi connectivity index (χ1v) is 7.38. The average Bonchev–Trinajstić information content (AvgIpc) is 2.87. The number of carbonyl (C=O) groups is 2. The van der Waals surface area contributed by atoms with Gasteiger partial charge in [0.1, 0.15) is 11.6 Å². The van der Waals surface area contributed by atoms with Gasteiger partial charge in [-0.1, -0.05) is 0 Å². The van der Waals surface area contributed by atoms with Crippen LogP contribution in [0.2, 0.25) is 0 Å². The van der Waals surface area contributed by atoms with Crippen molar-refractivity contribution >= 4 is 22.8 Å². The molecule has 0 aliphatic heterocycles. The molecule has 7 nitrogen and oxygen atoms in total. The van der Waals surface area contributed by atoms with Crippen LogP contribution in [0.15, 0.2) is 30.5 Å². The topological polar surface area (TPSA) is 115 Å². The predicted molar refractivity (Wildman–Crippen MR) is 91.2 cm³/mol. The molecule has 4 N–H and O–H groups in total. The van der Waals surface area contributed by atoms with Crippen LogP contribution >= 0.6 is 0 Å². The summed E-state index contributed by atoms with van der Waals surface area (Å²) in [5.74, 6) is -2.04. The lowest BCUT2D eigenvalue weighted by atomic mass is 10.1. The Balaban J connectivity index is 0.000000333. The van der Waals surface area contributed by atoms with Crippen molar-refractivity contribution in [1.82, 2.24) is 4.57 Å². The molecule has 0 unspecified atom stereocenters. The predicted octanol–water partition coefficient (Wildman–Crippen LogP) is 2.16. The first-order valence-electron chi connectivity index (χ1n) is 7.38. The molecule has 0 spiro atoms. The minimum atomic E-state index is -1.26. The van der Waals surface area contributed by atoms with Crippen LogP contribution < -0.4 is 10.5 Å². The molecular weight excluding hydrogens is 331 g/mol. The number of nitrogens with zero attached hydrogens (tertiary/aromatic N) is 1. The maximum Gasteiger partial charge on any atom is 0.328 e. The lowest BCUT2D eigenvalue weighted by Crippen LogP contribution is -2.21. The summed E-state index contributed by atoms with van der Waals surface area (Å²) in [6.45, 7) is 4.38. The lowest BCUT2D eigenvalue weighted by Gasteiger charge is -2.08. The maximum absolute atomic E-state index is 13.5. The van der Waals surface area contributed by atoms with E-state index < -0.39 is 11.9 Å². The zero-order valence-corrected chi connectivity index (χ0v) is 14.2. The number of carboxylic acids is 2. The highest BCUT2D eigenvalue weighted by molar-refractivity contribution is 5.90. The Labute approximate surface area is 144 Å². The quantitative estimate of drug-likeness (QED) is 0.710. The average molecular weight is 352 g/mol. The Morgan fingerprint density at radius 2 is 1.88 bits per heavy atom. The molecule has 1 aromatic heterocycles. The number of aromatic nitrogens is 1. The van der Waals surface area contributed by atoms with Crippen molar-refractivity contribution in [3.05, 3.63) is 41.9 Å². The van der Waals surface area contributed by atoms with E-state index >= 15 is 0 Å². The van der Waals surface area contributed by atoms with E-state index in [4.69, 9.17) is 20.7 Å². The van der Waals surface area contributed by atoms with Crippen LogP contribution in [0.25, 0.3) is 10.9 Å². The van der Waals surface area contributed by atoms with Crippen LogP contribution in [0.4, 0.5) is 4.39 Å². The molecule has 1 aromatic carbocycles. The van der Waals surface area contributed by atoms with Crippen molar-refractivity contribution in [2.75, 3.05) is 7.11 Å². The summed E-state index contributed by atoms with van der Waals surface area (Å²) in [4.78, 5) is 19.1. The van der Waals surface area contributed by atoms with Gasteiger partial charge in [-0.05, 0) is 31.5 Å². The molecule has 2 rings (SSSR count). The highest BCUT2D eigenvalue weighted by Crippen LogP contribution is 2.32. The highest BCUT2D eigenvalue weighted by atomic mass is 19.1. The van der Waals surface area contributed by atoms with E-state index in [1.807, 2.05) is 17.7 Å². The normalized spacial score (nSPS) is 11.9. The molecule has 25 heavy (non-hydrogen) atoms. The van der Waals surface area contributed by atoms with Crippen molar-refractivity contribution in [3.63, 3.8) is 0 Å². The van der Waals surface area contributed by atoms with Crippen molar-refractivity contribution in [2.24, 2.45) is 5.73 Å². The van der Waals surface area contributed by atoms with Gasteiger partial charge in [-0.25, -0.2) is 14.0 Å². The molecule has 0 saturated heterocycles. The summed E-state index contributed by atoms with van der Waals surface area (Å²) >= 11 is 0. The molecule has 0 aliphatic rings. The van der Waals surface area contributed by atoms with Gasteiger partial charge in [0.15, 0.2) is 0 Å². The van der Waals surface area contributed by atoms with Crippen LogP contribution in [0.1, 0.15) is 12.5 Å². The summed E-state index contributed by atoms with van der Waals surface area (Å²) in [5.41, 5.74) is 7.37. The van der Waals surface area contributed by atoms with Gasteiger partial charge in [-0.15, -0.1) is 0 Å². The molecule has 0 aliphatic carbocycles. The summed E-state index contributed by atoms with van der Waals surface area (Å²) < 4.78 is 20.8. The summed E-state index contributed by atoms with van der Waals surface area (Å²) in [7, 11) is 1.59. The number of halogens is 1. The minimum Gasteiger partial charge on any atom is -0.495 e. The second-order valence-electron chi connectivity index (χ2n) is 5.40. The van der Waals surface area contributed by atoms with E-state index in [0.29, 0.717) is 30.0 Å². The first-order chi connectivity index (χ1) is 11.7. The number of rotatable bonds is 5. The van der Waals surface area contributed by atoms with Crippen molar-refractivity contribution in [2.45, 2.75) is 26.4 Å². The van der Waals surface area contributed by atoms with Crippen molar-refractivity contribution in [1.29, 1.82) is 0 Å². The van der Waals surface area contributed by atoms with Gasteiger partial charge in [-0.3, -0.25) is 0 Å². The number of fused-ring (bicyclic) bond motifs is 1. The van der Waals surface area contributed by atoms with Gasteiger partial charge in [0, 0.05) is 36.3 Å². The fourth-order valence-corrected chi connectivity index (χ4v) is 2.26. The molecule has 1 heterocycles. The van der Waals surface area contributed by atoms with Gasteiger partial charge < -0.3 is 25.3 Å². The van der Waals surface area contributed by atoms with E-state index in [0.717, 1.165) is 10.9 Å². The second-order valence-corrected chi connectivity index (χ2v) is 5.40. The number of carboxylic acid groups (broad SMARTS) is 2. The molecule has 0 radical (unpaired) electrons. The zero-order valence-electron chi connectivity index (χ0n) is 14.2. The lowest BCUT2D eigenvalue weighted by molar-refractivity contribution is -0.134. The molecule has 1 atom stereocenters. The molecule has 0 amide bonds. The Morgan fingerprint density at radius 3 is 2.32 bits per heavy atom. The van der Waals surface area contributed by atoms with E-state index in [-0.39, 0.29) is 11.9 Å². The Kier molecular flexibility index (Phi) is 7.13. The number of nitrogens with two attached hydrogens (primary N) is 1. The number of hydrogen-bond donors (Lipinski definition) is 3. The standard InChI is InChI=1S/C13H17FN2O.C4H4O4/c1-8(15)6-16-7-12(17-3)13-9(2)10(14)4-5-11(13)16;5-3(6)1-2-4(7)8/h4-5,7-8H,6,15H2,1-3H3;1-2H,(H,5,6)(H,7,8)/b;2-1+/t8-;/m0./s1. The molecule has 2 aromatic rings. The van der Waals surface area contributed by atoms with Crippen LogP contribution in [-0.4, -0.2) is 39.9 Å². The van der Waals surface area contributed by atoms with Crippen LogP contribution in [0, 0.1) is 12.7 Å². The number of methoxy groups -OCH3 is 1. The third-order valence-electron chi connectivity index (χ3n) is 3.28. The third kappa shape index (κ3) is 5.61. The molecule has 0 fully saturated rings. The van der Waals surface area contributed by atoms with E-state index in [1.54, 1.807) is 20.1 Å². The van der Waals surface area contributed by atoms with E-state index in [2.05, 4.69) is 0 Å². The van der Waals surface area contributed by atoms with Gasteiger partial charge in [0.25, 0.3) is 0 Å². The van der Waals surface area contributed by atoms with Crippen molar-refractivity contribution < 1.29 is 28.9 Å². The van der Waals surface area contributed by atoms with E-state index in [1.165, 1.54) is 6.07 Å². The fraction of sp³-hybridized carbons (Fsp3) is 0.294. The van der Waals surface area contributed by atoms with Crippen molar-refractivity contribution in [3.8, 4) is 5.75 Å². The van der Waals surface area contributed by atoms with Crippen LogP contribution in [0.5, 0.6) is 5.75 Å². The SMILES string of the molecule is COc1cn(C[C@H](C)N)c2ccc(F)c(C)c12.O=C(O)/C=C/C(=O)O. The number of aryl methyl sites for hydroxylation is 1. The molecule has 0 bridgehead atoms. The van der Waals surface area contributed by atoms with Crippen LogP contribution in [0.3, 0.4) is 0 Å². The number of benzene rings is 1. The molecule has 0 saturated carbocycles. The number of aliphatic carboxylic acids is 2. The fourth-order valence-electron chi connectivity index (χ4n) is 2.26. The Bertz CT molecular complexity index is 780. The van der Waals surface area contributed by atoms with Gasteiger partial charge in [0.2, 0.25) is 0 Å². The minimum absolute atomic E-state index is 0.0423. The Hall–Kier alpha value is -2.87. The number of hydrogen-bond acceptors (Lipinski definition) is 4. The largest absolute Gasteiger partial charge is 0.495 e. The summed E-state index contributed by atoms with van der Waals surface area (Å²) in [6, 6.07) is 3.29. The Morgan fingerprint density at radius 1 is 1.32 bits per heavy atom. The molecular formula is C17H21FN2O5.